The summed E-state index contributed by atoms with van der Waals surface area (Å²) in [5.41, 5.74) is -0.149. The molecular formula is C21H26N4O7. The van der Waals surface area contributed by atoms with Crippen LogP contribution in [0.4, 0.5) is 5.82 Å². The van der Waals surface area contributed by atoms with E-state index >= 15 is 0 Å². The minimum Gasteiger partial charge on any atom is -0.481 e. The van der Waals surface area contributed by atoms with Gasteiger partial charge in [0.05, 0.1) is 25.9 Å². The molecule has 1 amide bonds. The van der Waals surface area contributed by atoms with Crippen LogP contribution in [0.5, 0.6) is 5.88 Å². The Morgan fingerprint density at radius 3 is 2.69 bits per heavy atom. The normalized spacial score (nSPS) is 17.6. The van der Waals surface area contributed by atoms with Crippen LogP contribution in [-0.4, -0.2) is 70.7 Å². The largest absolute Gasteiger partial charge is 0.481 e. The fraction of sp³-hybridized carbons (Fsp3) is 0.476. The molecule has 1 saturated heterocycles. The molecule has 1 aliphatic rings. The highest BCUT2D eigenvalue weighted by Gasteiger charge is 2.44. The van der Waals surface area contributed by atoms with Crippen molar-refractivity contribution in [2.45, 2.75) is 45.5 Å². The van der Waals surface area contributed by atoms with E-state index in [0.717, 1.165) is 6.92 Å². The number of methoxy groups -OCH3 is 1. The van der Waals surface area contributed by atoms with Crippen molar-refractivity contribution in [1.82, 2.24) is 14.8 Å². The maximum atomic E-state index is 13.2. The lowest BCUT2D eigenvalue weighted by Crippen LogP contribution is -2.56. The number of carbonyl (C=O) groups is 3. The molecule has 0 aliphatic carbocycles. The zero-order chi connectivity index (χ0) is 23.5. The number of hydrogen-bond acceptors (Lipinski definition) is 9. The van der Waals surface area contributed by atoms with Gasteiger partial charge in [-0.2, -0.15) is 0 Å². The second-order valence-electron chi connectivity index (χ2n) is 8.02. The van der Waals surface area contributed by atoms with E-state index < -0.39 is 35.7 Å². The molecule has 0 saturated carbocycles. The molecule has 0 spiro atoms. The van der Waals surface area contributed by atoms with Gasteiger partial charge in [-0.3, -0.25) is 14.5 Å². The summed E-state index contributed by atoms with van der Waals surface area (Å²) in [4.78, 5) is 42.9. The summed E-state index contributed by atoms with van der Waals surface area (Å²) in [6.45, 7) is 6.50. The average molecular weight is 446 g/mol. The Kier molecular flexibility index (Phi) is 6.78. The first kappa shape index (κ1) is 23.2. The third-order valence-corrected chi connectivity index (χ3v) is 4.37. The van der Waals surface area contributed by atoms with Gasteiger partial charge in [-0.1, -0.05) is 0 Å². The third-order valence-electron chi connectivity index (χ3n) is 4.37. The number of anilines is 1. The predicted octanol–water partition coefficient (Wildman–Crippen LogP) is 1.28. The predicted molar refractivity (Wildman–Crippen MR) is 111 cm³/mol. The van der Waals surface area contributed by atoms with Gasteiger partial charge in [-0.25, -0.2) is 14.5 Å². The number of hydrogen-bond donors (Lipinski definition) is 0. The van der Waals surface area contributed by atoms with Crippen molar-refractivity contribution in [3.05, 3.63) is 30.6 Å². The van der Waals surface area contributed by atoms with Gasteiger partial charge in [0.15, 0.2) is 11.9 Å². The van der Waals surface area contributed by atoms with Crippen LogP contribution in [0.25, 0.3) is 5.69 Å². The Bertz CT molecular complexity index is 998. The topological polar surface area (TPSA) is 122 Å². The van der Waals surface area contributed by atoms with E-state index in [4.69, 9.17) is 18.9 Å². The number of pyridine rings is 1. The number of amides is 1. The molecule has 11 nitrogen and oxygen atoms in total. The lowest BCUT2D eigenvalue weighted by molar-refractivity contribution is -0.188. The Morgan fingerprint density at radius 1 is 1.28 bits per heavy atom. The van der Waals surface area contributed by atoms with E-state index in [0.29, 0.717) is 17.4 Å². The van der Waals surface area contributed by atoms with E-state index in [1.54, 1.807) is 56.0 Å². The molecule has 0 aromatic carbocycles. The molecule has 0 radical (unpaired) electrons. The van der Waals surface area contributed by atoms with Crippen molar-refractivity contribution in [3.8, 4) is 11.6 Å². The molecule has 2 atom stereocenters. The number of esters is 2. The van der Waals surface area contributed by atoms with Crippen molar-refractivity contribution in [2.75, 3.05) is 25.2 Å². The Hall–Kier alpha value is -3.47. The van der Waals surface area contributed by atoms with Gasteiger partial charge in [-0.15, -0.1) is 5.10 Å². The van der Waals surface area contributed by atoms with E-state index in [1.807, 2.05) is 0 Å². The van der Waals surface area contributed by atoms with Crippen LogP contribution in [0.15, 0.2) is 30.6 Å². The van der Waals surface area contributed by atoms with Crippen LogP contribution in [0.1, 0.15) is 27.7 Å². The highest BCUT2D eigenvalue weighted by molar-refractivity contribution is 6.00. The van der Waals surface area contributed by atoms with Gasteiger partial charge >= 0.3 is 11.9 Å². The van der Waals surface area contributed by atoms with E-state index in [2.05, 4.69) is 10.1 Å². The summed E-state index contributed by atoms with van der Waals surface area (Å²) in [6, 6.07) is 5.09. The standard InChI is InChI=1S/C21H26N4O7/c1-13(26)31-18(20(28)32-21(2,3)4)17-19(27)24(10-11-30-17)15-7-9-25(23-15)14-6-8-22-16(12-14)29-5/h6-9,12,17-18H,10-11H2,1-5H3/t17-,18-/m1/s1. The van der Waals surface area contributed by atoms with Gasteiger partial charge in [0, 0.05) is 31.5 Å². The molecule has 3 rings (SSSR count). The maximum Gasteiger partial charge on any atom is 0.351 e. The number of nitrogens with zero attached hydrogens (tertiary/aromatic N) is 4. The third kappa shape index (κ3) is 5.41. The number of rotatable bonds is 6. The molecule has 32 heavy (non-hydrogen) atoms. The molecule has 3 heterocycles. The van der Waals surface area contributed by atoms with E-state index in [1.165, 1.54) is 12.0 Å². The fourth-order valence-corrected chi connectivity index (χ4v) is 3.08. The zero-order valence-corrected chi connectivity index (χ0v) is 18.6. The molecule has 0 N–H and O–H groups in total. The number of morpholine rings is 1. The summed E-state index contributed by atoms with van der Waals surface area (Å²) in [5.74, 6) is -1.38. The average Bonchev–Trinajstić information content (AvgIpc) is 3.21. The van der Waals surface area contributed by atoms with Gasteiger partial charge in [0.25, 0.3) is 5.91 Å². The minimum absolute atomic E-state index is 0.118. The van der Waals surface area contributed by atoms with Crippen LogP contribution in [0.2, 0.25) is 0 Å². The van der Waals surface area contributed by atoms with Crippen molar-refractivity contribution in [2.24, 2.45) is 0 Å². The van der Waals surface area contributed by atoms with Crippen molar-refractivity contribution in [3.63, 3.8) is 0 Å². The van der Waals surface area contributed by atoms with E-state index in [-0.39, 0.29) is 13.2 Å². The molecule has 0 bridgehead atoms. The number of carbonyl (C=O) groups excluding carboxylic acids is 3. The highest BCUT2D eigenvalue weighted by atomic mass is 16.6. The Morgan fingerprint density at radius 2 is 2.03 bits per heavy atom. The quantitative estimate of drug-likeness (QED) is 0.604. The van der Waals surface area contributed by atoms with Gasteiger partial charge < -0.3 is 18.9 Å². The first-order valence-corrected chi connectivity index (χ1v) is 9.98. The molecule has 11 heteroatoms. The van der Waals surface area contributed by atoms with Gasteiger partial charge in [0.2, 0.25) is 12.0 Å². The first-order valence-electron chi connectivity index (χ1n) is 9.98. The SMILES string of the molecule is COc1cc(-n2ccc(N3CCO[C@H]([C@@H](OC(C)=O)C(=O)OC(C)(C)C)C3=O)n2)ccn1. The monoisotopic (exact) mass is 446 g/mol. The number of aromatic nitrogens is 3. The molecular weight excluding hydrogens is 420 g/mol. The van der Waals surface area contributed by atoms with Gasteiger partial charge in [-0.05, 0) is 26.8 Å². The molecule has 172 valence electrons. The van der Waals surface area contributed by atoms with Crippen LogP contribution < -0.4 is 9.64 Å². The Balaban J connectivity index is 1.84. The second kappa shape index (κ2) is 9.35. The molecule has 1 fully saturated rings. The van der Waals surface area contributed by atoms with Crippen LogP contribution >= 0.6 is 0 Å². The lowest BCUT2D eigenvalue weighted by Gasteiger charge is -2.34. The first-order chi connectivity index (χ1) is 15.1. The maximum absolute atomic E-state index is 13.2. The number of ether oxygens (including phenoxy) is 4. The molecule has 2 aromatic rings. The summed E-state index contributed by atoms with van der Waals surface area (Å²) < 4.78 is 22.7. The smallest absolute Gasteiger partial charge is 0.351 e. The summed E-state index contributed by atoms with van der Waals surface area (Å²) >= 11 is 0. The second-order valence-corrected chi connectivity index (χ2v) is 8.02. The van der Waals surface area contributed by atoms with Crippen molar-refractivity contribution in [1.29, 1.82) is 0 Å². The summed E-state index contributed by atoms with van der Waals surface area (Å²) in [6.07, 6.45) is 0.372. The lowest BCUT2D eigenvalue weighted by atomic mass is 10.1. The molecule has 1 aliphatic heterocycles. The highest BCUT2D eigenvalue weighted by Crippen LogP contribution is 2.23. The van der Waals surface area contributed by atoms with Crippen molar-refractivity contribution < 1.29 is 33.3 Å². The van der Waals surface area contributed by atoms with E-state index in [9.17, 15) is 14.4 Å². The van der Waals surface area contributed by atoms with Crippen LogP contribution in [0, 0.1) is 0 Å². The fourth-order valence-electron chi connectivity index (χ4n) is 3.08. The van der Waals surface area contributed by atoms with Crippen molar-refractivity contribution >= 4 is 23.7 Å². The molecule has 2 aromatic heterocycles. The van der Waals surface area contributed by atoms with Gasteiger partial charge in [0.1, 0.15) is 5.60 Å². The minimum atomic E-state index is -1.53. The summed E-state index contributed by atoms with van der Waals surface area (Å²) in [5, 5.41) is 4.45. The molecule has 0 unspecified atom stereocenters. The van der Waals surface area contributed by atoms with Crippen LogP contribution in [-0.2, 0) is 28.6 Å². The van der Waals surface area contributed by atoms with Crippen LogP contribution in [0.3, 0.4) is 0 Å². The summed E-state index contributed by atoms with van der Waals surface area (Å²) in [7, 11) is 1.51. The Labute approximate surface area is 185 Å². The zero-order valence-electron chi connectivity index (χ0n) is 18.6.